The van der Waals surface area contributed by atoms with Gasteiger partial charge in [-0.05, 0) is 98.5 Å². The molecular weight excluding hydrogens is 602 g/mol. The minimum Gasteiger partial charge on any atom is -0.459 e. The largest absolute Gasteiger partial charge is 0.459 e. The summed E-state index contributed by atoms with van der Waals surface area (Å²) >= 11 is 0. The average Bonchev–Trinajstić information content (AvgIpc) is 3.93. The fourth-order valence-corrected chi connectivity index (χ4v) is 6.05. The second kappa shape index (κ2) is 12.8. The van der Waals surface area contributed by atoms with Gasteiger partial charge < -0.3 is 33.7 Å². The smallest absolute Gasteiger partial charge is 0.290 e. The first-order valence-corrected chi connectivity index (χ1v) is 15.4. The van der Waals surface area contributed by atoms with Crippen molar-refractivity contribution >= 4 is 35.0 Å². The van der Waals surface area contributed by atoms with Crippen LogP contribution in [-0.2, 0) is 9.59 Å². The topological polar surface area (TPSA) is 151 Å². The Kier molecular flexibility index (Phi) is 8.13. The normalized spacial score (nSPS) is 17.5. The van der Waals surface area contributed by atoms with Crippen molar-refractivity contribution in [3.63, 3.8) is 0 Å². The van der Waals surface area contributed by atoms with Crippen LogP contribution in [0, 0.1) is 0 Å². The summed E-state index contributed by atoms with van der Waals surface area (Å²) in [6.45, 7) is 0.991. The van der Waals surface area contributed by atoms with Gasteiger partial charge >= 0.3 is 0 Å². The highest BCUT2D eigenvalue weighted by Gasteiger charge is 2.36. The Balaban J connectivity index is 0.954. The SMILES string of the molecule is O=C(Nc1ccc(-c2cnc(-c3ccc(NC(=O)C4CCCN4C(=O)c4ccco4)cc3)o2)cc1)C1CCCN1C(=O)c1ccco1. The Morgan fingerprint density at radius 2 is 1.15 bits per heavy atom. The van der Waals surface area contributed by atoms with Crippen molar-refractivity contribution in [2.75, 3.05) is 23.7 Å². The Bertz CT molecular complexity index is 1740. The molecule has 2 aromatic carbocycles. The molecule has 0 saturated carbocycles. The average molecular weight is 634 g/mol. The Hall–Kier alpha value is -5.91. The van der Waals surface area contributed by atoms with E-state index in [1.165, 1.54) is 12.5 Å². The highest BCUT2D eigenvalue weighted by Crippen LogP contribution is 2.29. The van der Waals surface area contributed by atoms with Crippen LogP contribution in [0.15, 0.2) is 105 Å². The Morgan fingerprint density at radius 3 is 1.62 bits per heavy atom. The van der Waals surface area contributed by atoms with Crippen molar-refractivity contribution in [1.29, 1.82) is 0 Å². The number of hydrogen-bond donors (Lipinski definition) is 2. The fraction of sp³-hybridized carbons (Fsp3) is 0.229. The number of rotatable bonds is 8. The molecule has 2 N–H and O–H groups in total. The molecule has 2 atom stereocenters. The summed E-state index contributed by atoms with van der Waals surface area (Å²) < 4.78 is 16.5. The van der Waals surface area contributed by atoms with E-state index in [0.29, 0.717) is 49.0 Å². The van der Waals surface area contributed by atoms with E-state index in [1.54, 1.807) is 76.7 Å². The van der Waals surface area contributed by atoms with Crippen molar-refractivity contribution in [1.82, 2.24) is 14.8 Å². The summed E-state index contributed by atoms with van der Waals surface area (Å²) in [5, 5.41) is 5.82. The number of aromatic nitrogens is 1. The maximum Gasteiger partial charge on any atom is 0.290 e. The lowest BCUT2D eigenvalue weighted by molar-refractivity contribution is -0.120. The monoisotopic (exact) mass is 633 g/mol. The molecule has 47 heavy (non-hydrogen) atoms. The Morgan fingerprint density at radius 1 is 0.660 bits per heavy atom. The summed E-state index contributed by atoms with van der Waals surface area (Å²) in [5.41, 5.74) is 2.68. The van der Waals surface area contributed by atoms with Crippen LogP contribution in [0.3, 0.4) is 0 Å². The van der Waals surface area contributed by atoms with Crippen LogP contribution in [0.1, 0.15) is 46.8 Å². The highest BCUT2D eigenvalue weighted by molar-refractivity contribution is 6.01. The molecule has 2 fully saturated rings. The van der Waals surface area contributed by atoms with Crippen LogP contribution in [0.5, 0.6) is 0 Å². The molecule has 0 spiro atoms. The molecule has 12 heteroatoms. The second-order valence-corrected chi connectivity index (χ2v) is 11.4. The molecule has 2 unspecified atom stereocenters. The first-order valence-electron chi connectivity index (χ1n) is 15.4. The van der Waals surface area contributed by atoms with E-state index in [1.807, 2.05) is 12.1 Å². The van der Waals surface area contributed by atoms with Crippen molar-refractivity contribution < 1.29 is 32.4 Å². The summed E-state index contributed by atoms with van der Waals surface area (Å²) in [7, 11) is 0. The zero-order chi connectivity index (χ0) is 32.3. The zero-order valence-electron chi connectivity index (χ0n) is 25.3. The first kappa shape index (κ1) is 29.8. The molecule has 5 aromatic rings. The highest BCUT2D eigenvalue weighted by atomic mass is 16.4. The van der Waals surface area contributed by atoms with Gasteiger partial charge in [-0.2, -0.15) is 0 Å². The molecule has 0 radical (unpaired) electrons. The van der Waals surface area contributed by atoms with Crippen LogP contribution in [0.2, 0.25) is 0 Å². The van der Waals surface area contributed by atoms with Gasteiger partial charge in [-0.3, -0.25) is 19.2 Å². The van der Waals surface area contributed by atoms with Crippen molar-refractivity contribution in [2.45, 2.75) is 37.8 Å². The minimum absolute atomic E-state index is 0.217. The molecule has 238 valence electrons. The van der Waals surface area contributed by atoms with E-state index < -0.39 is 12.1 Å². The van der Waals surface area contributed by atoms with Gasteiger partial charge in [0.05, 0.1) is 18.7 Å². The van der Waals surface area contributed by atoms with E-state index in [9.17, 15) is 19.2 Å². The lowest BCUT2D eigenvalue weighted by Crippen LogP contribution is -2.43. The first-order chi connectivity index (χ1) is 22.9. The quantitative estimate of drug-likeness (QED) is 0.222. The molecule has 3 aromatic heterocycles. The predicted molar refractivity (Wildman–Crippen MR) is 170 cm³/mol. The number of nitrogens with one attached hydrogen (secondary N) is 2. The van der Waals surface area contributed by atoms with Gasteiger partial charge in [-0.25, -0.2) is 4.98 Å². The third-order valence-corrected chi connectivity index (χ3v) is 8.44. The number of benzene rings is 2. The van der Waals surface area contributed by atoms with Gasteiger partial charge in [-0.15, -0.1) is 0 Å². The molecule has 2 aliphatic heterocycles. The fourth-order valence-electron chi connectivity index (χ4n) is 6.05. The predicted octanol–water partition coefficient (Wildman–Crippen LogP) is 5.68. The molecule has 12 nitrogen and oxygen atoms in total. The lowest BCUT2D eigenvalue weighted by Gasteiger charge is -2.23. The second-order valence-electron chi connectivity index (χ2n) is 11.4. The standard InChI is InChI=1S/C35H31N5O7/c41-31(26-5-1-17-39(26)34(43)28-7-3-19-45-28)37-24-13-9-22(10-14-24)30-21-36-33(47-30)23-11-15-25(16-12-23)38-32(42)27-6-2-18-40(27)35(44)29-8-4-20-46-29/h3-4,7-16,19-21,26-27H,1-2,5-6,17-18H2,(H,37,41)(H,38,42). The molecule has 5 heterocycles. The van der Waals surface area contributed by atoms with Gasteiger partial charge in [0.25, 0.3) is 11.8 Å². The molecule has 7 rings (SSSR count). The molecule has 0 aliphatic carbocycles. The van der Waals surface area contributed by atoms with Crippen molar-refractivity contribution in [2.24, 2.45) is 0 Å². The number of hydrogen-bond acceptors (Lipinski definition) is 8. The number of amides is 4. The number of furan rings is 2. The molecule has 2 saturated heterocycles. The Labute approximate surface area is 269 Å². The number of oxazole rings is 1. The third kappa shape index (κ3) is 6.17. The van der Waals surface area contributed by atoms with Crippen LogP contribution in [-0.4, -0.2) is 63.6 Å². The molecule has 0 bridgehead atoms. The van der Waals surface area contributed by atoms with Gasteiger partial charge in [0.15, 0.2) is 17.3 Å². The van der Waals surface area contributed by atoms with E-state index >= 15 is 0 Å². The lowest BCUT2D eigenvalue weighted by atomic mass is 10.1. The van der Waals surface area contributed by atoms with E-state index in [4.69, 9.17) is 13.3 Å². The third-order valence-electron chi connectivity index (χ3n) is 8.44. The number of nitrogens with zero attached hydrogens (tertiary/aromatic N) is 3. The number of anilines is 2. The van der Waals surface area contributed by atoms with Gasteiger partial charge in [0.2, 0.25) is 17.7 Å². The van der Waals surface area contributed by atoms with Gasteiger partial charge in [0.1, 0.15) is 12.1 Å². The number of carbonyl (C=O) groups is 4. The summed E-state index contributed by atoms with van der Waals surface area (Å²) in [6, 6.07) is 19.6. The van der Waals surface area contributed by atoms with Crippen molar-refractivity contribution in [3.05, 3.63) is 103 Å². The molecular formula is C35H31N5O7. The zero-order valence-corrected chi connectivity index (χ0v) is 25.3. The van der Waals surface area contributed by atoms with E-state index in [0.717, 1.165) is 24.0 Å². The summed E-state index contributed by atoms with van der Waals surface area (Å²) in [6.07, 6.45) is 7.14. The van der Waals surface area contributed by atoms with E-state index in [-0.39, 0.29) is 35.1 Å². The number of carbonyl (C=O) groups excluding carboxylic acids is 4. The van der Waals surface area contributed by atoms with Gasteiger partial charge in [-0.1, -0.05) is 0 Å². The molecule has 2 aliphatic rings. The van der Waals surface area contributed by atoms with Crippen molar-refractivity contribution in [3.8, 4) is 22.8 Å². The van der Waals surface area contributed by atoms with E-state index in [2.05, 4.69) is 15.6 Å². The van der Waals surface area contributed by atoms with Crippen LogP contribution >= 0.6 is 0 Å². The maximum atomic E-state index is 13.0. The van der Waals surface area contributed by atoms with Gasteiger partial charge in [0, 0.05) is 35.6 Å². The number of likely N-dealkylation sites (tertiary alicyclic amines) is 2. The maximum absolute atomic E-state index is 13.0. The minimum atomic E-state index is -0.574. The summed E-state index contributed by atoms with van der Waals surface area (Å²) in [5.74, 6) is 0.295. The van der Waals surface area contributed by atoms with Crippen LogP contribution in [0.25, 0.3) is 22.8 Å². The van der Waals surface area contributed by atoms with Crippen LogP contribution in [0.4, 0.5) is 11.4 Å². The van der Waals surface area contributed by atoms with Crippen LogP contribution < -0.4 is 10.6 Å². The summed E-state index contributed by atoms with van der Waals surface area (Å²) in [4.78, 5) is 59.1. The molecule has 4 amide bonds.